The van der Waals surface area contributed by atoms with Crippen LogP contribution < -0.4 is 10.6 Å². The zero-order valence-corrected chi connectivity index (χ0v) is 16.7. The quantitative estimate of drug-likeness (QED) is 0.512. The number of nitrogens with one attached hydrogen (secondary N) is 2. The Kier molecular flexibility index (Phi) is 6.25. The van der Waals surface area contributed by atoms with Gasteiger partial charge in [-0.3, -0.25) is 4.79 Å². The maximum absolute atomic E-state index is 13.5. The van der Waals surface area contributed by atoms with Crippen LogP contribution >= 0.6 is 0 Å². The molecule has 0 atom stereocenters. The molecular weight excluding hydrogens is 365 g/mol. The van der Waals surface area contributed by atoms with Gasteiger partial charge < -0.3 is 15.5 Å². The summed E-state index contributed by atoms with van der Waals surface area (Å²) in [5, 5.41) is 5.92. The number of aryl methyl sites for hydroxylation is 1. The predicted molar refractivity (Wildman–Crippen MR) is 116 cm³/mol. The topological polar surface area (TPSA) is 44.4 Å². The van der Waals surface area contributed by atoms with Crippen LogP contribution in [0.15, 0.2) is 48.7 Å². The van der Waals surface area contributed by atoms with Crippen LogP contribution in [0.4, 0.5) is 15.8 Å². The number of likely N-dealkylation sites (tertiary alicyclic amines) is 1. The Morgan fingerprint density at radius 1 is 1.03 bits per heavy atom. The number of amides is 1. The Labute approximate surface area is 171 Å². The Bertz CT molecular complexity index is 885. The molecule has 1 amide bonds. The third-order valence-corrected chi connectivity index (χ3v) is 5.74. The van der Waals surface area contributed by atoms with E-state index >= 15 is 0 Å². The number of benzene rings is 2. The summed E-state index contributed by atoms with van der Waals surface area (Å²) in [5.41, 5.74) is 3.92. The van der Waals surface area contributed by atoms with Gasteiger partial charge in [0.15, 0.2) is 0 Å². The van der Waals surface area contributed by atoms with Crippen LogP contribution in [0, 0.1) is 5.82 Å². The Balaban J connectivity index is 1.28. The van der Waals surface area contributed by atoms with Gasteiger partial charge in [0.25, 0.3) is 5.91 Å². The fourth-order valence-electron chi connectivity index (χ4n) is 4.07. The van der Waals surface area contributed by atoms with Crippen molar-refractivity contribution in [3.8, 4) is 0 Å². The molecule has 29 heavy (non-hydrogen) atoms. The molecule has 4 rings (SSSR count). The molecule has 1 saturated heterocycles. The van der Waals surface area contributed by atoms with Gasteiger partial charge in [-0.05, 0) is 87.6 Å². The van der Waals surface area contributed by atoms with Gasteiger partial charge in [-0.1, -0.05) is 18.6 Å². The maximum atomic E-state index is 13.5. The van der Waals surface area contributed by atoms with E-state index in [-0.39, 0.29) is 11.7 Å². The van der Waals surface area contributed by atoms with E-state index < -0.39 is 0 Å². The first-order valence-corrected chi connectivity index (χ1v) is 10.6. The first-order chi connectivity index (χ1) is 14.2. The SMILES string of the molecule is O=C1Nc2ccc(F)cc2C1=CNc1ccc(CCCCN2CCCCC2)cc1. The molecule has 1 fully saturated rings. The molecule has 2 heterocycles. The number of unbranched alkanes of at least 4 members (excludes halogenated alkanes) is 1. The van der Waals surface area contributed by atoms with Crippen molar-refractivity contribution >= 4 is 22.9 Å². The van der Waals surface area contributed by atoms with E-state index in [9.17, 15) is 9.18 Å². The van der Waals surface area contributed by atoms with Crippen molar-refractivity contribution in [1.82, 2.24) is 4.90 Å². The number of hydrogen-bond donors (Lipinski definition) is 2. The van der Waals surface area contributed by atoms with Crippen LogP contribution in [-0.2, 0) is 11.2 Å². The van der Waals surface area contributed by atoms with E-state index in [0.717, 1.165) is 12.1 Å². The average molecular weight is 394 g/mol. The van der Waals surface area contributed by atoms with Gasteiger partial charge in [0.1, 0.15) is 5.82 Å². The minimum atomic E-state index is -0.351. The summed E-state index contributed by atoms with van der Waals surface area (Å²) in [7, 11) is 0. The number of halogens is 1. The largest absolute Gasteiger partial charge is 0.361 e. The van der Waals surface area contributed by atoms with Crippen molar-refractivity contribution in [3.05, 3.63) is 65.6 Å². The maximum Gasteiger partial charge on any atom is 0.257 e. The third-order valence-electron chi connectivity index (χ3n) is 5.74. The van der Waals surface area contributed by atoms with E-state index in [1.807, 2.05) is 12.1 Å². The van der Waals surface area contributed by atoms with Crippen LogP contribution in [0.25, 0.3) is 5.57 Å². The number of fused-ring (bicyclic) bond motifs is 1. The molecule has 0 unspecified atom stereocenters. The highest BCUT2D eigenvalue weighted by Gasteiger charge is 2.24. The lowest BCUT2D eigenvalue weighted by molar-refractivity contribution is -0.110. The summed E-state index contributed by atoms with van der Waals surface area (Å²) in [6.07, 6.45) is 9.28. The number of carbonyl (C=O) groups is 1. The Hall–Kier alpha value is -2.66. The van der Waals surface area contributed by atoms with E-state index in [1.165, 1.54) is 69.4 Å². The van der Waals surface area contributed by atoms with Gasteiger partial charge in [0, 0.05) is 23.1 Å². The van der Waals surface area contributed by atoms with Gasteiger partial charge in [0.05, 0.1) is 5.57 Å². The summed E-state index contributed by atoms with van der Waals surface area (Å²) >= 11 is 0. The van der Waals surface area contributed by atoms with Crippen molar-refractivity contribution < 1.29 is 9.18 Å². The van der Waals surface area contributed by atoms with E-state index in [2.05, 4.69) is 27.7 Å². The standard InChI is InChI=1S/C24H28FN3O/c25-19-9-12-23-21(16-19)22(24(29)27-23)17-26-20-10-7-18(8-11-20)6-2-5-15-28-13-3-1-4-14-28/h7-12,16-17,26H,1-6,13-15H2,(H,27,29). The summed E-state index contributed by atoms with van der Waals surface area (Å²) in [5.74, 6) is -0.570. The van der Waals surface area contributed by atoms with Gasteiger partial charge in [-0.2, -0.15) is 0 Å². The molecule has 5 heteroatoms. The normalized spacial score (nSPS) is 18.0. The summed E-state index contributed by atoms with van der Waals surface area (Å²) in [6.45, 7) is 3.76. The molecule has 0 radical (unpaired) electrons. The lowest BCUT2D eigenvalue weighted by Crippen LogP contribution is -2.30. The predicted octanol–water partition coefficient (Wildman–Crippen LogP) is 5.04. The first kappa shape index (κ1) is 19.6. The Morgan fingerprint density at radius 2 is 1.83 bits per heavy atom. The van der Waals surface area contributed by atoms with Crippen LogP contribution in [0.2, 0.25) is 0 Å². The van der Waals surface area contributed by atoms with Crippen molar-refractivity contribution in [3.63, 3.8) is 0 Å². The molecule has 0 bridgehead atoms. The summed E-state index contributed by atoms with van der Waals surface area (Å²) in [4.78, 5) is 14.7. The second-order valence-electron chi connectivity index (χ2n) is 7.90. The van der Waals surface area contributed by atoms with Crippen molar-refractivity contribution in [2.24, 2.45) is 0 Å². The third kappa shape index (κ3) is 5.04. The monoisotopic (exact) mass is 393 g/mol. The van der Waals surface area contributed by atoms with Gasteiger partial charge in [0.2, 0.25) is 0 Å². The summed E-state index contributed by atoms with van der Waals surface area (Å²) < 4.78 is 13.5. The van der Waals surface area contributed by atoms with Crippen molar-refractivity contribution in [2.45, 2.75) is 38.5 Å². The lowest BCUT2D eigenvalue weighted by Gasteiger charge is -2.26. The smallest absolute Gasteiger partial charge is 0.257 e. The van der Waals surface area contributed by atoms with Crippen molar-refractivity contribution in [2.75, 3.05) is 30.3 Å². The number of carbonyl (C=O) groups excluding carboxylic acids is 1. The zero-order valence-electron chi connectivity index (χ0n) is 16.7. The molecule has 0 saturated carbocycles. The molecule has 2 aliphatic heterocycles. The first-order valence-electron chi connectivity index (χ1n) is 10.6. The molecule has 4 nitrogen and oxygen atoms in total. The molecule has 152 valence electrons. The average Bonchev–Trinajstić information content (AvgIpc) is 3.05. The highest BCUT2D eigenvalue weighted by atomic mass is 19.1. The van der Waals surface area contributed by atoms with E-state index in [4.69, 9.17) is 0 Å². The number of anilines is 2. The van der Waals surface area contributed by atoms with E-state index in [0.29, 0.717) is 16.8 Å². The second-order valence-corrected chi connectivity index (χ2v) is 7.90. The molecule has 2 aromatic rings. The fourth-order valence-corrected chi connectivity index (χ4v) is 4.07. The highest BCUT2D eigenvalue weighted by molar-refractivity contribution is 6.31. The minimum Gasteiger partial charge on any atom is -0.361 e. The number of hydrogen-bond acceptors (Lipinski definition) is 3. The molecule has 0 spiro atoms. The molecule has 2 aliphatic rings. The molecule has 0 aliphatic carbocycles. The molecule has 2 N–H and O–H groups in total. The second kappa shape index (κ2) is 9.23. The molecule has 2 aromatic carbocycles. The number of rotatable bonds is 7. The molecule has 0 aromatic heterocycles. The summed E-state index contributed by atoms with van der Waals surface area (Å²) in [6, 6.07) is 12.6. The zero-order chi connectivity index (χ0) is 20.1. The van der Waals surface area contributed by atoms with Crippen LogP contribution in [0.1, 0.15) is 43.2 Å². The van der Waals surface area contributed by atoms with E-state index in [1.54, 1.807) is 12.3 Å². The van der Waals surface area contributed by atoms with Crippen LogP contribution in [-0.4, -0.2) is 30.4 Å². The fraction of sp³-hybridized carbons (Fsp3) is 0.375. The van der Waals surface area contributed by atoms with Crippen LogP contribution in [0.3, 0.4) is 0 Å². The van der Waals surface area contributed by atoms with Gasteiger partial charge in [-0.15, -0.1) is 0 Å². The van der Waals surface area contributed by atoms with Gasteiger partial charge >= 0.3 is 0 Å². The van der Waals surface area contributed by atoms with Crippen molar-refractivity contribution in [1.29, 1.82) is 0 Å². The lowest BCUT2D eigenvalue weighted by atomic mass is 10.1. The van der Waals surface area contributed by atoms with Gasteiger partial charge in [-0.25, -0.2) is 4.39 Å². The number of nitrogens with zero attached hydrogens (tertiary/aromatic N) is 1. The molecular formula is C24H28FN3O. The Morgan fingerprint density at radius 3 is 2.62 bits per heavy atom. The van der Waals surface area contributed by atoms with Crippen LogP contribution in [0.5, 0.6) is 0 Å². The minimum absolute atomic E-state index is 0.219. The highest BCUT2D eigenvalue weighted by Crippen LogP contribution is 2.32. The number of piperidine rings is 1.